The van der Waals surface area contributed by atoms with Gasteiger partial charge in [0.15, 0.2) is 0 Å². The fraction of sp³-hybridized carbons (Fsp3) is 0.318. The van der Waals surface area contributed by atoms with E-state index in [1.54, 1.807) is 51.1 Å². The maximum atomic E-state index is 12.7. The van der Waals surface area contributed by atoms with Crippen LogP contribution in [-0.4, -0.2) is 44.9 Å². The zero-order valence-electron chi connectivity index (χ0n) is 17.1. The van der Waals surface area contributed by atoms with Crippen molar-refractivity contribution in [2.24, 2.45) is 0 Å². The lowest BCUT2D eigenvalue weighted by Crippen LogP contribution is -2.51. The Bertz CT molecular complexity index is 873. The second-order valence-electron chi connectivity index (χ2n) is 7.62. The molecule has 0 saturated carbocycles. The maximum absolute atomic E-state index is 12.7. The molecule has 30 heavy (non-hydrogen) atoms. The first kappa shape index (κ1) is 22.7. The summed E-state index contributed by atoms with van der Waals surface area (Å²) in [7, 11) is 0. The van der Waals surface area contributed by atoms with Gasteiger partial charge in [-0.2, -0.15) is 4.90 Å². The number of carbonyl (C=O) groups excluding carboxylic acids is 2. The summed E-state index contributed by atoms with van der Waals surface area (Å²) in [5, 5.41) is 19.2. The Balaban J connectivity index is 2.28. The summed E-state index contributed by atoms with van der Waals surface area (Å²) in [6.45, 7) is 4.68. The standard InChI is InChI=1S/C22H25NO7/c1-22(2,3)30-21(28)23(20(27)29-14-16-7-5-4-6-8-16)18(19(25)26)13-15-9-11-17(24)12-10-15/h4-12,18,24H,13-14H2,1-3H3,(H,25,26)/t18-/m0/s1. The van der Waals surface area contributed by atoms with Crippen LogP contribution in [0.3, 0.4) is 0 Å². The molecule has 0 aliphatic heterocycles. The quantitative estimate of drug-likeness (QED) is 0.734. The van der Waals surface area contributed by atoms with Crippen LogP contribution in [0, 0.1) is 0 Å². The maximum Gasteiger partial charge on any atom is 0.420 e. The van der Waals surface area contributed by atoms with E-state index in [0.29, 0.717) is 16.0 Å². The fourth-order valence-corrected chi connectivity index (χ4v) is 2.57. The number of phenols is 1. The Morgan fingerprint density at radius 3 is 2.07 bits per heavy atom. The van der Waals surface area contributed by atoms with Crippen molar-refractivity contribution in [3.63, 3.8) is 0 Å². The van der Waals surface area contributed by atoms with E-state index in [2.05, 4.69) is 0 Å². The normalized spacial score (nSPS) is 12.0. The largest absolute Gasteiger partial charge is 0.508 e. The van der Waals surface area contributed by atoms with Crippen molar-refractivity contribution in [3.05, 3.63) is 65.7 Å². The Hall–Kier alpha value is -3.55. The van der Waals surface area contributed by atoms with Crippen LogP contribution in [0.4, 0.5) is 9.59 Å². The number of carboxylic acid groups (broad SMARTS) is 1. The third-order valence-corrected chi connectivity index (χ3v) is 3.95. The van der Waals surface area contributed by atoms with E-state index < -0.39 is 29.8 Å². The molecular formula is C22H25NO7. The molecule has 2 aromatic carbocycles. The summed E-state index contributed by atoms with van der Waals surface area (Å²) in [4.78, 5) is 37.9. The van der Waals surface area contributed by atoms with Crippen molar-refractivity contribution in [1.29, 1.82) is 0 Å². The van der Waals surface area contributed by atoms with Gasteiger partial charge in [-0.25, -0.2) is 14.4 Å². The van der Waals surface area contributed by atoms with E-state index in [9.17, 15) is 24.6 Å². The van der Waals surface area contributed by atoms with Gasteiger partial charge < -0.3 is 19.7 Å². The minimum atomic E-state index is -1.56. The highest BCUT2D eigenvalue weighted by molar-refractivity contribution is 5.93. The van der Waals surface area contributed by atoms with Crippen LogP contribution >= 0.6 is 0 Å². The number of ether oxygens (including phenoxy) is 2. The average Bonchev–Trinajstić information content (AvgIpc) is 2.66. The zero-order chi connectivity index (χ0) is 22.3. The highest BCUT2D eigenvalue weighted by Crippen LogP contribution is 2.19. The van der Waals surface area contributed by atoms with Gasteiger partial charge in [-0.15, -0.1) is 0 Å². The van der Waals surface area contributed by atoms with Gasteiger partial charge in [0, 0.05) is 6.42 Å². The number of aliphatic carboxylic acids is 1. The summed E-state index contributed by atoms with van der Waals surface area (Å²) >= 11 is 0. The summed E-state index contributed by atoms with van der Waals surface area (Å²) in [6, 6.07) is 13.0. The van der Waals surface area contributed by atoms with Gasteiger partial charge in [0.2, 0.25) is 0 Å². The van der Waals surface area contributed by atoms with E-state index >= 15 is 0 Å². The van der Waals surface area contributed by atoms with Crippen molar-refractivity contribution >= 4 is 18.2 Å². The molecule has 0 unspecified atom stereocenters. The van der Waals surface area contributed by atoms with E-state index in [-0.39, 0.29) is 18.8 Å². The molecule has 0 aromatic heterocycles. The van der Waals surface area contributed by atoms with Gasteiger partial charge in [0.05, 0.1) is 0 Å². The Labute approximate surface area is 174 Å². The van der Waals surface area contributed by atoms with E-state index in [1.165, 1.54) is 24.3 Å². The summed E-state index contributed by atoms with van der Waals surface area (Å²) < 4.78 is 10.4. The zero-order valence-corrected chi connectivity index (χ0v) is 17.1. The molecule has 0 fully saturated rings. The highest BCUT2D eigenvalue weighted by Gasteiger charge is 2.39. The molecule has 8 nitrogen and oxygen atoms in total. The summed E-state index contributed by atoms with van der Waals surface area (Å²) in [5.74, 6) is -1.39. The third kappa shape index (κ3) is 6.80. The summed E-state index contributed by atoms with van der Waals surface area (Å²) in [5.41, 5.74) is 0.237. The average molecular weight is 415 g/mol. The van der Waals surface area contributed by atoms with Crippen LogP contribution < -0.4 is 0 Å². The van der Waals surface area contributed by atoms with Crippen LogP contribution in [0.25, 0.3) is 0 Å². The first-order valence-electron chi connectivity index (χ1n) is 9.30. The second kappa shape index (κ2) is 9.78. The molecule has 0 saturated heterocycles. The second-order valence-corrected chi connectivity index (χ2v) is 7.62. The molecule has 0 aliphatic rings. The Kier molecular flexibility index (Phi) is 7.41. The minimum absolute atomic E-state index is 0.0110. The van der Waals surface area contributed by atoms with Crippen molar-refractivity contribution in [2.45, 2.75) is 45.4 Å². The molecule has 0 heterocycles. The van der Waals surface area contributed by atoms with Gasteiger partial charge in [-0.05, 0) is 44.0 Å². The molecule has 2 amide bonds. The molecule has 1 atom stereocenters. The fourth-order valence-electron chi connectivity index (χ4n) is 2.57. The number of rotatable bonds is 6. The molecular weight excluding hydrogens is 390 g/mol. The smallest absolute Gasteiger partial charge is 0.420 e. The first-order valence-corrected chi connectivity index (χ1v) is 9.30. The van der Waals surface area contributed by atoms with E-state index in [1.807, 2.05) is 0 Å². The molecule has 2 N–H and O–H groups in total. The molecule has 160 valence electrons. The lowest BCUT2D eigenvalue weighted by Gasteiger charge is -2.29. The van der Waals surface area contributed by atoms with Crippen LogP contribution in [0.15, 0.2) is 54.6 Å². The van der Waals surface area contributed by atoms with Crippen LogP contribution in [0.1, 0.15) is 31.9 Å². The van der Waals surface area contributed by atoms with Gasteiger partial charge in [-0.3, -0.25) is 0 Å². The molecule has 0 spiro atoms. The number of carboxylic acids is 1. The molecule has 2 aromatic rings. The van der Waals surface area contributed by atoms with Gasteiger partial charge in [-0.1, -0.05) is 42.5 Å². The number of hydrogen-bond acceptors (Lipinski definition) is 6. The lowest BCUT2D eigenvalue weighted by molar-refractivity contribution is -0.142. The monoisotopic (exact) mass is 415 g/mol. The third-order valence-electron chi connectivity index (χ3n) is 3.95. The van der Waals surface area contributed by atoms with Crippen LogP contribution in [-0.2, 0) is 27.3 Å². The van der Waals surface area contributed by atoms with Crippen molar-refractivity contribution < 1.29 is 34.1 Å². The Morgan fingerprint density at radius 2 is 1.53 bits per heavy atom. The van der Waals surface area contributed by atoms with Gasteiger partial charge in [0.1, 0.15) is 24.0 Å². The number of benzene rings is 2. The SMILES string of the molecule is CC(C)(C)OC(=O)N(C(=O)OCc1ccccc1)[C@@H](Cc1ccc(O)cc1)C(=O)O. The highest BCUT2D eigenvalue weighted by atomic mass is 16.6. The van der Waals surface area contributed by atoms with Crippen molar-refractivity contribution in [2.75, 3.05) is 0 Å². The number of phenolic OH excluding ortho intramolecular Hbond substituents is 1. The number of carbonyl (C=O) groups is 3. The predicted molar refractivity (Wildman–Crippen MR) is 108 cm³/mol. The number of aromatic hydroxyl groups is 1. The van der Waals surface area contributed by atoms with Crippen LogP contribution in [0.2, 0.25) is 0 Å². The topological polar surface area (TPSA) is 113 Å². The van der Waals surface area contributed by atoms with Crippen LogP contribution in [0.5, 0.6) is 5.75 Å². The predicted octanol–water partition coefficient (Wildman–Crippen LogP) is 3.96. The molecule has 0 aliphatic carbocycles. The van der Waals surface area contributed by atoms with E-state index in [0.717, 1.165) is 0 Å². The lowest BCUT2D eigenvalue weighted by atomic mass is 10.0. The summed E-state index contributed by atoms with van der Waals surface area (Å²) in [6.07, 6.45) is -2.43. The molecule has 8 heteroatoms. The first-order chi connectivity index (χ1) is 14.1. The minimum Gasteiger partial charge on any atom is -0.508 e. The molecule has 0 bridgehead atoms. The van der Waals surface area contributed by atoms with Gasteiger partial charge >= 0.3 is 18.2 Å². The van der Waals surface area contributed by atoms with E-state index in [4.69, 9.17) is 9.47 Å². The van der Waals surface area contributed by atoms with Crippen molar-refractivity contribution in [3.8, 4) is 5.75 Å². The molecule has 2 rings (SSSR count). The van der Waals surface area contributed by atoms with Crippen molar-refractivity contribution in [1.82, 2.24) is 4.90 Å². The molecule has 0 radical (unpaired) electrons. The number of amides is 2. The number of hydrogen-bond donors (Lipinski definition) is 2. The number of imide groups is 1. The Morgan fingerprint density at radius 1 is 0.933 bits per heavy atom. The van der Waals surface area contributed by atoms with Gasteiger partial charge in [0.25, 0.3) is 0 Å². The number of nitrogens with zero attached hydrogens (tertiary/aromatic N) is 1.